The van der Waals surface area contributed by atoms with Crippen LogP contribution in [0.5, 0.6) is 0 Å². The maximum Gasteiger partial charge on any atom is 0.408 e. The zero-order valence-electron chi connectivity index (χ0n) is 12.4. The Balaban J connectivity index is 1.81. The zero-order chi connectivity index (χ0) is 15.2. The molecule has 0 aromatic carbocycles. The topological polar surface area (TPSA) is 81.7 Å². The van der Waals surface area contributed by atoms with Gasteiger partial charge in [0.05, 0.1) is 7.11 Å². The summed E-state index contributed by atoms with van der Waals surface area (Å²) in [4.78, 5) is 34.8. The molecule has 2 bridgehead atoms. The van der Waals surface area contributed by atoms with Gasteiger partial charge in [0.1, 0.15) is 17.8 Å². The van der Waals surface area contributed by atoms with Crippen molar-refractivity contribution < 1.29 is 23.9 Å². The summed E-state index contributed by atoms with van der Waals surface area (Å²) in [6.45, 7) is 5.40. The Morgan fingerprint density at radius 2 is 1.70 bits per heavy atom. The number of Topliss-reactive ketones (excluding diaryl/α,β-unsaturated/α-hetero) is 1. The number of esters is 1. The van der Waals surface area contributed by atoms with Gasteiger partial charge in [-0.3, -0.25) is 9.59 Å². The minimum Gasteiger partial charge on any atom is -0.469 e. The normalized spacial score (nSPS) is 30.6. The molecule has 0 radical (unpaired) electrons. The van der Waals surface area contributed by atoms with E-state index in [4.69, 9.17) is 4.74 Å². The van der Waals surface area contributed by atoms with Gasteiger partial charge in [-0.25, -0.2) is 4.79 Å². The first-order chi connectivity index (χ1) is 9.10. The Bertz CT molecular complexity index is 443. The summed E-state index contributed by atoms with van der Waals surface area (Å²) < 4.78 is 9.70. The zero-order valence-corrected chi connectivity index (χ0v) is 12.4. The number of carbonyl (C=O) groups excluding carboxylic acids is 3. The fourth-order valence-corrected chi connectivity index (χ4v) is 3.13. The molecule has 0 aliphatic heterocycles. The second-order valence-corrected chi connectivity index (χ2v) is 6.89. The highest BCUT2D eigenvalue weighted by molar-refractivity contribution is 6.01. The van der Waals surface area contributed by atoms with Crippen LogP contribution in [0.1, 0.15) is 46.5 Å². The van der Waals surface area contributed by atoms with Crippen LogP contribution in [0.15, 0.2) is 0 Å². The van der Waals surface area contributed by atoms with Gasteiger partial charge >= 0.3 is 12.1 Å². The first-order valence-corrected chi connectivity index (χ1v) is 6.71. The molecule has 112 valence electrons. The molecule has 1 N–H and O–H groups in total. The molecule has 0 aromatic rings. The molecule has 3 aliphatic carbocycles. The van der Waals surface area contributed by atoms with E-state index in [1.807, 2.05) is 0 Å². The van der Waals surface area contributed by atoms with Crippen molar-refractivity contribution in [2.45, 2.75) is 57.6 Å². The van der Waals surface area contributed by atoms with Crippen molar-refractivity contribution in [2.24, 2.45) is 5.41 Å². The highest BCUT2D eigenvalue weighted by atomic mass is 16.6. The molecular weight excluding hydrogens is 262 g/mol. The van der Waals surface area contributed by atoms with Crippen LogP contribution in [0.4, 0.5) is 4.79 Å². The maximum absolute atomic E-state index is 12.0. The standard InChI is InChI=1S/C14H21NO5/c1-12(2,3)20-11(18)15-14-6-13(7-14,8-14)9(16)5-10(17)19-4/h5-8H2,1-4H3,(H,15,18). The summed E-state index contributed by atoms with van der Waals surface area (Å²) in [5.74, 6) is -0.592. The number of hydrogen-bond acceptors (Lipinski definition) is 5. The van der Waals surface area contributed by atoms with E-state index in [9.17, 15) is 14.4 Å². The Labute approximate surface area is 118 Å². The van der Waals surface area contributed by atoms with E-state index in [0.29, 0.717) is 19.3 Å². The summed E-state index contributed by atoms with van der Waals surface area (Å²) in [6, 6.07) is 0. The van der Waals surface area contributed by atoms with Crippen molar-refractivity contribution in [3.63, 3.8) is 0 Å². The minimum atomic E-state index is -0.536. The van der Waals surface area contributed by atoms with Gasteiger partial charge in [0.25, 0.3) is 0 Å². The van der Waals surface area contributed by atoms with Crippen LogP contribution < -0.4 is 5.32 Å². The second-order valence-electron chi connectivity index (χ2n) is 6.89. The van der Waals surface area contributed by atoms with Gasteiger partial charge in [0.2, 0.25) is 0 Å². The Morgan fingerprint density at radius 1 is 1.15 bits per heavy atom. The fourth-order valence-electron chi connectivity index (χ4n) is 3.13. The maximum atomic E-state index is 12.0. The molecule has 3 rings (SSSR count). The molecule has 0 saturated heterocycles. The monoisotopic (exact) mass is 283 g/mol. The van der Waals surface area contributed by atoms with E-state index in [0.717, 1.165) is 0 Å². The molecule has 3 fully saturated rings. The predicted molar refractivity (Wildman–Crippen MR) is 70.0 cm³/mol. The van der Waals surface area contributed by atoms with Gasteiger partial charge in [-0.15, -0.1) is 0 Å². The first-order valence-electron chi connectivity index (χ1n) is 6.71. The average Bonchev–Trinajstić information content (AvgIpc) is 2.18. The number of hydrogen-bond donors (Lipinski definition) is 1. The molecule has 0 spiro atoms. The minimum absolute atomic E-state index is 0.0859. The average molecular weight is 283 g/mol. The summed E-state index contributed by atoms with van der Waals surface area (Å²) in [5.41, 5.74) is -1.27. The Morgan fingerprint density at radius 3 is 2.15 bits per heavy atom. The predicted octanol–water partition coefficient (Wildman–Crippen LogP) is 1.57. The number of methoxy groups -OCH3 is 1. The first kappa shape index (κ1) is 14.8. The highest BCUT2D eigenvalue weighted by Gasteiger charge is 2.72. The summed E-state index contributed by atoms with van der Waals surface area (Å²) in [6.07, 6.45) is 1.14. The third kappa shape index (κ3) is 2.64. The van der Waals surface area contributed by atoms with Crippen LogP contribution in [0.2, 0.25) is 0 Å². The van der Waals surface area contributed by atoms with Gasteiger partial charge in [0, 0.05) is 11.0 Å². The molecule has 3 saturated carbocycles. The van der Waals surface area contributed by atoms with Crippen molar-refractivity contribution in [2.75, 3.05) is 7.11 Å². The summed E-state index contributed by atoms with van der Waals surface area (Å²) in [7, 11) is 1.27. The Hall–Kier alpha value is -1.59. The molecule has 3 aliphatic rings. The van der Waals surface area contributed by atoms with Crippen LogP contribution in [-0.2, 0) is 19.1 Å². The van der Waals surface area contributed by atoms with Crippen molar-refractivity contribution in [3.8, 4) is 0 Å². The number of amides is 1. The lowest BCUT2D eigenvalue weighted by molar-refractivity contribution is -0.179. The van der Waals surface area contributed by atoms with E-state index in [2.05, 4.69) is 10.1 Å². The van der Waals surface area contributed by atoms with E-state index >= 15 is 0 Å². The largest absolute Gasteiger partial charge is 0.469 e. The highest BCUT2D eigenvalue weighted by Crippen LogP contribution is 2.67. The fraction of sp³-hybridized carbons (Fsp3) is 0.786. The van der Waals surface area contributed by atoms with Crippen molar-refractivity contribution in [1.82, 2.24) is 5.32 Å². The van der Waals surface area contributed by atoms with Crippen molar-refractivity contribution >= 4 is 17.8 Å². The van der Waals surface area contributed by atoms with Crippen LogP contribution >= 0.6 is 0 Å². The van der Waals surface area contributed by atoms with E-state index < -0.39 is 23.1 Å². The van der Waals surface area contributed by atoms with Gasteiger partial charge in [-0.2, -0.15) is 0 Å². The molecule has 0 heterocycles. The van der Waals surface area contributed by atoms with Gasteiger partial charge in [-0.05, 0) is 40.0 Å². The van der Waals surface area contributed by atoms with Gasteiger partial charge < -0.3 is 14.8 Å². The van der Waals surface area contributed by atoms with Crippen LogP contribution in [-0.4, -0.2) is 36.1 Å². The summed E-state index contributed by atoms with van der Waals surface area (Å²) >= 11 is 0. The molecule has 0 atom stereocenters. The molecule has 1 amide bonds. The smallest absolute Gasteiger partial charge is 0.408 e. The quantitative estimate of drug-likeness (QED) is 0.625. The number of nitrogens with one attached hydrogen (secondary N) is 1. The van der Waals surface area contributed by atoms with E-state index in [1.165, 1.54) is 7.11 Å². The van der Waals surface area contributed by atoms with E-state index in [-0.39, 0.29) is 17.7 Å². The lowest BCUT2D eigenvalue weighted by Crippen LogP contribution is -2.77. The van der Waals surface area contributed by atoms with Crippen LogP contribution in [0.25, 0.3) is 0 Å². The SMILES string of the molecule is COC(=O)CC(=O)C12CC(NC(=O)OC(C)(C)C)(C1)C2. The number of alkyl carbamates (subject to hydrolysis) is 1. The molecule has 0 aromatic heterocycles. The number of ether oxygens (including phenoxy) is 2. The second kappa shape index (κ2) is 4.46. The molecule has 0 unspecified atom stereocenters. The lowest BCUT2D eigenvalue weighted by Gasteiger charge is -2.69. The molecule has 6 heteroatoms. The third-order valence-electron chi connectivity index (χ3n) is 3.92. The third-order valence-corrected chi connectivity index (χ3v) is 3.92. The lowest BCUT2D eigenvalue weighted by atomic mass is 9.38. The number of ketones is 1. The number of carbonyl (C=O) groups is 3. The molecule has 20 heavy (non-hydrogen) atoms. The van der Waals surface area contributed by atoms with Crippen molar-refractivity contribution in [3.05, 3.63) is 0 Å². The van der Waals surface area contributed by atoms with E-state index in [1.54, 1.807) is 20.8 Å². The van der Waals surface area contributed by atoms with Gasteiger partial charge in [0.15, 0.2) is 0 Å². The van der Waals surface area contributed by atoms with Crippen molar-refractivity contribution in [1.29, 1.82) is 0 Å². The summed E-state index contributed by atoms with van der Waals surface area (Å²) in [5, 5.41) is 2.83. The Kier molecular flexibility index (Phi) is 3.31. The van der Waals surface area contributed by atoms with Gasteiger partial charge in [-0.1, -0.05) is 0 Å². The molecule has 6 nitrogen and oxygen atoms in total. The van der Waals surface area contributed by atoms with Crippen LogP contribution in [0.3, 0.4) is 0 Å². The van der Waals surface area contributed by atoms with Crippen LogP contribution in [0, 0.1) is 5.41 Å². The number of rotatable bonds is 4. The molecular formula is C14H21NO5.